The van der Waals surface area contributed by atoms with E-state index >= 15 is 0 Å². The molecule has 3 fully saturated rings. The van der Waals surface area contributed by atoms with Gasteiger partial charge in [0, 0.05) is 45.3 Å². The number of ether oxygens (including phenoxy) is 3. The number of benzene rings is 1. The number of halogens is 1. The summed E-state index contributed by atoms with van der Waals surface area (Å²) < 4.78 is 29.8. The molecule has 3 aliphatic rings. The van der Waals surface area contributed by atoms with Gasteiger partial charge >= 0.3 is 0 Å². The summed E-state index contributed by atoms with van der Waals surface area (Å²) in [5.41, 5.74) is 0. The zero-order valence-corrected chi connectivity index (χ0v) is 17.5. The van der Waals surface area contributed by atoms with Crippen LogP contribution in [0.3, 0.4) is 0 Å². The van der Waals surface area contributed by atoms with Crippen molar-refractivity contribution in [1.29, 1.82) is 0 Å². The Hall–Kier alpha value is -1.74. The van der Waals surface area contributed by atoms with Gasteiger partial charge in [0.2, 0.25) is 5.91 Å². The molecular weight excluding hydrogens is 389 g/mol. The molecule has 1 atom stereocenters. The van der Waals surface area contributed by atoms with Crippen molar-refractivity contribution in [2.75, 3.05) is 72.2 Å². The van der Waals surface area contributed by atoms with Crippen molar-refractivity contribution in [1.82, 2.24) is 14.7 Å². The first-order valence-corrected chi connectivity index (χ1v) is 11.0. The molecule has 0 bridgehead atoms. The summed E-state index contributed by atoms with van der Waals surface area (Å²) in [5, 5.41) is 0. The molecule has 0 aromatic heterocycles. The average Bonchev–Trinajstić information content (AvgIpc) is 2.79. The number of piperidine rings is 1. The van der Waals surface area contributed by atoms with E-state index in [-0.39, 0.29) is 30.5 Å². The molecule has 8 heteroatoms. The zero-order chi connectivity index (χ0) is 20.8. The first kappa shape index (κ1) is 21.5. The van der Waals surface area contributed by atoms with E-state index in [4.69, 9.17) is 14.2 Å². The molecule has 0 radical (unpaired) electrons. The van der Waals surface area contributed by atoms with Gasteiger partial charge in [-0.25, -0.2) is 4.39 Å². The Kier molecular flexibility index (Phi) is 7.54. The highest BCUT2D eigenvalue weighted by molar-refractivity contribution is 5.78. The van der Waals surface area contributed by atoms with Crippen LogP contribution in [0.25, 0.3) is 0 Å². The van der Waals surface area contributed by atoms with Gasteiger partial charge in [-0.15, -0.1) is 0 Å². The number of carbonyl (C=O) groups is 1. The molecule has 7 nitrogen and oxygen atoms in total. The summed E-state index contributed by atoms with van der Waals surface area (Å²) in [7, 11) is 0. The molecule has 3 aliphatic heterocycles. The third-order valence-electron chi connectivity index (χ3n) is 6.25. The fourth-order valence-electron chi connectivity index (χ4n) is 4.38. The summed E-state index contributed by atoms with van der Waals surface area (Å²) in [5.74, 6) is 0.390. The quantitative estimate of drug-likeness (QED) is 0.660. The lowest BCUT2D eigenvalue weighted by Gasteiger charge is -2.42. The van der Waals surface area contributed by atoms with Crippen LogP contribution in [0.5, 0.6) is 5.75 Å². The van der Waals surface area contributed by atoms with Crippen LogP contribution in [0.15, 0.2) is 24.3 Å². The Morgan fingerprint density at radius 1 is 1.00 bits per heavy atom. The minimum Gasteiger partial charge on any atom is -0.491 e. The van der Waals surface area contributed by atoms with E-state index < -0.39 is 0 Å². The van der Waals surface area contributed by atoms with Crippen LogP contribution >= 0.6 is 0 Å². The lowest BCUT2D eigenvalue weighted by atomic mass is 10.0. The highest BCUT2D eigenvalue weighted by Gasteiger charge is 2.33. The first-order chi connectivity index (χ1) is 14.7. The van der Waals surface area contributed by atoms with Crippen molar-refractivity contribution in [3.05, 3.63) is 30.1 Å². The largest absolute Gasteiger partial charge is 0.491 e. The molecule has 0 aliphatic carbocycles. The monoisotopic (exact) mass is 421 g/mol. The lowest BCUT2D eigenvalue weighted by Crippen LogP contribution is -2.55. The summed E-state index contributed by atoms with van der Waals surface area (Å²) in [6.07, 6.45) is 1.84. The number of nitrogens with zero attached hydrogens (tertiary/aromatic N) is 3. The van der Waals surface area contributed by atoms with Crippen LogP contribution in [-0.2, 0) is 14.3 Å². The van der Waals surface area contributed by atoms with Crippen molar-refractivity contribution < 1.29 is 23.4 Å². The van der Waals surface area contributed by atoms with Gasteiger partial charge in [0.25, 0.3) is 0 Å². The summed E-state index contributed by atoms with van der Waals surface area (Å²) in [6.45, 7) is 8.97. The fourth-order valence-corrected chi connectivity index (χ4v) is 4.38. The van der Waals surface area contributed by atoms with Crippen LogP contribution in [0.1, 0.15) is 12.8 Å². The van der Waals surface area contributed by atoms with Gasteiger partial charge < -0.3 is 24.0 Å². The molecule has 30 heavy (non-hydrogen) atoms. The molecule has 4 rings (SSSR count). The normalized spacial score (nSPS) is 24.9. The first-order valence-electron chi connectivity index (χ1n) is 11.0. The Morgan fingerprint density at radius 2 is 1.67 bits per heavy atom. The molecule has 0 spiro atoms. The smallest absolute Gasteiger partial charge is 0.248 e. The van der Waals surface area contributed by atoms with E-state index in [1.165, 1.54) is 12.1 Å². The number of amides is 1. The Balaban J connectivity index is 1.20. The highest BCUT2D eigenvalue weighted by Crippen LogP contribution is 2.21. The van der Waals surface area contributed by atoms with Crippen LogP contribution < -0.4 is 4.74 Å². The molecule has 3 saturated heterocycles. The predicted molar refractivity (Wildman–Crippen MR) is 110 cm³/mol. The number of likely N-dealkylation sites (tertiary alicyclic amines) is 1. The molecule has 0 saturated carbocycles. The molecule has 1 aromatic rings. The van der Waals surface area contributed by atoms with E-state index in [1.54, 1.807) is 12.1 Å². The SMILES string of the molecule is O=C1COC(COc2ccc(F)cc2)CN1C1CCN(CCN2CCOCC2)CC1. The third-order valence-corrected chi connectivity index (χ3v) is 6.25. The average molecular weight is 422 g/mol. The minimum absolute atomic E-state index is 0.0693. The second-order valence-corrected chi connectivity index (χ2v) is 8.27. The standard InChI is InChI=1S/C22H32FN3O4/c23-18-1-3-20(4-2-18)29-16-21-15-26(22(27)17-30-21)19-5-7-24(8-6-19)9-10-25-11-13-28-14-12-25/h1-4,19,21H,5-17H2. The van der Waals surface area contributed by atoms with Gasteiger partial charge in [-0.05, 0) is 37.1 Å². The Morgan fingerprint density at radius 3 is 2.37 bits per heavy atom. The van der Waals surface area contributed by atoms with Gasteiger partial charge in [-0.1, -0.05) is 0 Å². The maximum Gasteiger partial charge on any atom is 0.248 e. The van der Waals surface area contributed by atoms with Crippen LogP contribution in [0.2, 0.25) is 0 Å². The number of hydrogen-bond donors (Lipinski definition) is 0. The number of hydrogen-bond acceptors (Lipinski definition) is 6. The topological polar surface area (TPSA) is 54.5 Å². The number of rotatable bonds is 7. The van der Waals surface area contributed by atoms with E-state index in [0.717, 1.165) is 65.3 Å². The van der Waals surface area contributed by atoms with Crippen molar-refractivity contribution in [3.8, 4) is 5.75 Å². The van der Waals surface area contributed by atoms with Crippen LogP contribution in [0, 0.1) is 5.82 Å². The summed E-state index contributed by atoms with van der Waals surface area (Å²) in [6, 6.07) is 6.23. The van der Waals surface area contributed by atoms with Gasteiger partial charge in [0.1, 0.15) is 30.9 Å². The zero-order valence-electron chi connectivity index (χ0n) is 17.5. The van der Waals surface area contributed by atoms with Gasteiger partial charge in [0.15, 0.2) is 0 Å². The fraction of sp³-hybridized carbons (Fsp3) is 0.682. The predicted octanol–water partition coefficient (Wildman–Crippen LogP) is 1.23. The molecule has 0 N–H and O–H groups in total. The molecular formula is C22H32FN3O4. The van der Waals surface area contributed by atoms with Crippen molar-refractivity contribution in [3.63, 3.8) is 0 Å². The van der Waals surface area contributed by atoms with Crippen molar-refractivity contribution >= 4 is 5.91 Å². The van der Waals surface area contributed by atoms with E-state index in [2.05, 4.69) is 9.80 Å². The summed E-state index contributed by atoms with van der Waals surface area (Å²) in [4.78, 5) is 19.4. The van der Waals surface area contributed by atoms with Gasteiger partial charge in [-0.2, -0.15) is 0 Å². The Bertz CT molecular complexity index is 675. The molecule has 1 amide bonds. The van der Waals surface area contributed by atoms with Crippen molar-refractivity contribution in [2.45, 2.75) is 25.0 Å². The van der Waals surface area contributed by atoms with E-state index in [0.29, 0.717) is 18.9 Å². The van der Waals surface area contributed by atoms with E-state index in [1.807, 2.05) is 4.90 Å². The lowest BCUT2D eigenvalue weighted by molar-refractivity contribution is -0.155. The van der Waals surface area contributed by atoms with Gasteiger partial charge in [-0.3, -0.25) is 9.69 Å². The molecule has 3 heterocycles. The molecule has 166 valence electrons. The maximum absolute atomic E-state index is 13.0. The minimum atomic E-state index is -0.288. The maximum atomic E-state index is 13.0. The second-order valence-electron chi connectivity index (χ2n) is 8.27. The highest BCUT2D eigenvalue weighted by atomic mass is 19.1. The summed E-state index contributed by atoms with van der Waals surface area (Å²) >= 11 is 0. The Labute approximate surface area is 177 Å². The number of carbonyl (C=O) groups excluding carboxylic acids is 1. The number of morpholine rings is 2. The van der Waals surface area contributed by atoms with Gasteiger partial charge in [0.05, 0.1) is 19.8 Å². The molecule has 1 aromatic carbocycles. The third kappa shape index (κ3) is 5.91. The second kappa shape index (κ2) is 10.5. The van der Waals surface area contributed by atoms with Crippen molar-refractivity contribution in [2.24, 2.45) is 0 Å². The van der Waals surface area contributed by atoms with E-state index in [9.17, 15) is 9.18 Å². The molecule has 1 unspecified atom stereocenters. The van der Waals surface area contributed by atoms with Crippen LogP contribution in [0.4, 0.5) is 4.39 Å². The van der Waals surface area contributed by atoms with Crippen LogP contribution in [-0.4, -0.2) is 105 Å².